The Morgan fingerprint density at radius 2 is 1.73 bits per heavy atom. The van der Waals surface area contributed by atoms with Crippen LogP contribution in [0.5, 0.6) is 0 Å². The van der Waals surface area contributed by atoms with Gasteiger partial charge in [0.2, 0.25) is 0 Å². The molecule has 0 aliphatic heterocycles. The summed E-state index contributed by atoms with van der Waals surface area (Å²) in [7, 11) is 0. The van der Waals surface area contributed by atoms with Crippen LogP contribution in [0.3, 0.4) is 0 Å². The average molecular weight is 209 g/mol. The Bertz CT molecular complexity index is 235. The molecule has 0 heterocycles. The highest BCUT2D eigenvalue weighted by molar-refractivity contribution is 5.92. The van der Waals surface area contributed by atoms with Crippen molar-refractivity contribution >= 4 is 5.78 Å². The second-order valence-electron chi connectivity index (χ2n) is 5.05. The number of nitrogens with zero attached hydrogens (tertiary/aromatic N) is 1. The van der Waals surface area contributed by atoms with Crippen LogP contribution >= 0.6 is 0 Å². The van der Waals surface area contributed by atoms with Gasteiger partial charge in [0, 0.05) is 5.92 Å². The Kier molecular flexibility index (Phi) is 3.15. The lowest BCUT2D eigenvalue weighted by Gasteiger charge is -2.39. The molecule has 0 aromatic heterocycles. The molecule has 0 N–H and O–H groups in total. The van der Waals surface area contributed by atoms with Gasteiger partial charge in [-0.2, -0.15) is 0 Å². The molecule has 0 unspecified atom stereocenters. The fourth-order valence-corrected chi connectivity index (χ4v) is 3.23. The number of likely N-dealkylation sites (N-methyl/N-ethyl adjacent to an activating group) is 1. The van der Waals surface area contributed by atoms with Crippen molar-refractivity contribution in [2.45, 2.75) is 57.9 Å². The molecule has 0 saturated heterocycles. The van der Waals surface area contributed by atoms with E-state index < -0.39 is 0 Å². The normalized spacial score (nSPS) is 24.7. The molecule has 2 aliphatic carbocycles. The molecule has 2 fully saturated rings. The number of carbonyl (C=O) groups excluding carboxylic acids is 1. The third-order valence-corrected chi connectivity index (χ3v) is 4.21. The van der Waals surface area contributed by atoms with E-state index in [0.717, 1.165) is 38.8 Å². The minimum absolute atomic E-state index is 0.0509. The summed E-state index contributed by atoms with van der Waals surface area (Å²) in [5, 5.41) is 0. The Hall–Kier alpha value is -0.370. The summed E-state index contributed by atoms with van der Waals surface area (Å²) < 4.78 is 0. The van der Waals surface area contributed by atoms with Crippen LogP contribution in [0.25, 0.3) is 0 Å². The number of ketones is 1. The first-order chi connectivity index (χ1) is 7.24. The van der Waals surface area contributed by atoms with Crippen molar-refractivity contribution in [2.75, 3.05) is 13.1 Å². The zero-order valence-corrected chi connectivity index (χ0v) is 10.1. The van der Waals surface area contributed by atoms with E-state index in [1.807, 2.05) is 0 Å². The van der Waals surface area contributed by atoms with Crippen molar-refractivity contribution < 1.29 is 4.79 Å². The third-order valence-electron chi connectivity index (χ3n) is 4.21. The number of Topliss-reactive ketones (excluding diaryl/α,β-unsaturated/α-hetero) is 1. The molecule has 15 heavy (non-hydrogen) atoms. The Morgan fingerprint density at radius 1 is 1.20 bits per heavy atom. The molecule has 0 radical (unpaired) electrons. The third kappa shape index (κ3) is 1.84. The summed E-state index contributed by atoms with van der Waals surface area (Å²) in [6.07, 6.45) is 7.03. The highest BCUT2D eigenvalue weighted by atomic mass is 16.1. The van der Waals surface area contributed by atoms with Gasteiger partial charge < -0.3 is 0 Å². The molecule has 0 aromatic rings. The van der Waals surface area contributed by atoms with E-state index in [9.17, 15) is 4.79 Å². The molecule has 2 rings (SSSR count). The van der Waals surface area contributed by atoms with E-state index >= 15 is 0 Å². The van der Waals surface area contributed by atoms with Crippen LogP contribution in [0.1, 0.15) is 52.4 Å². The van der Waals surface area contributed by atoms with Gasteiger partial charge in [0.15, 0.2) is 5.78 Å². The number of hydrogen-bond donors (Lipinski definition) is 0. The van der Waals surface area contributed by atoms with Gasteiger partial charge in [-0.05, 0) is 38.8 Å². The lowest BCUT2D eigenvalue weighted by molar-refractivity contribution is -0.132. The van der Waals surface area contributed by atoms with Gasteiger partial charge >= 0.3 is 0 Å². The summed E-state index contributed by atoms with van der Waals surface area (Å²) in [6.45, 7) is 6.41. The second-order valence-corrected chi connectivity index (χ2v) is 5.05. The van der Waals surface area contributed by atoms with Crippen LogP contribution in [0.2, 0.25) is 0 Å². The standard InChI is InChI=1S/C13H23NO/c1-3-14(4-2)13(9-5-6-10-13)12(15)11-7-8-11/h11H,3-10H2,1-2H3. The monoisotopic (exact) mass is 209 g/mol. The summed E-state index contributed by atoms with van der Waals surface area (Å²) in [4.78, 5) is 14.9. The molecule has 86 valence electrons. The van der Waals surface area contributed by atoms with E-state index in [1.165, 1.54) is 12.8 Å². The van der Waals surface area contributed by atoms with Crippen LogP contribution < -0.4 is 0 Å². The zero-order valence-electron chi connectivity index (χ0n) is 10.1. The molecule has 0 spiro atoms. The molecule has 2 nitrogen and oxygen atoms in total. The average Bonchev–Trinajstić information content (AvgIpc) is 2.99. The molecule has 0 amide bonds. The van der Waals surface area contributed by atoms with Gasteiger partial charge in [-0.3, -0.25) is 9.69 Å². The maximum atomic E-state index is 12.4. The predicted molar refractivity (Wildman–Crippen MR) is 61.9 cm³/mol. The van der Waals surface area contributed by atoms with Crippen LogP contribution in [0.4, 0.5) is 0 Å². The first-order valence-electron chi connectivity index (χ1n) is 6.54. The van der Waals surface area contributed by atoms with Crippen LogP contribution in [-0.4, -0.2) is 29.3 Å². The molecule has 2 aliphatic rings. The Morgan fingerprint density at radius 3 is 2.13 bits per heavy atom. The Labute approximate surface area is 93.0 Å². The van der Waals surface area contributed by atoms with E-state index in [1.54, 1.807) is 0 Å². The van der Waals surface area contributed by atoms with Crippen molar-refractivity contribution in [2.24, 2.45) is 5.92 Å². The molecule has 2 saturated carbocycles. The van der Waals surface area contributed by atoms with Gasteiger partial charge in [0.05, 0.1) is 5.54 Å². The number of rotatable bonds is 5. The number of carbonyl (C=O) groups is 1. The second kappa shape index (κ2) is 4.25. The van der Waals surface area contributed by atoms with E-state index in [4.69, 9.17) is 0 Å². The Balaban J connectivity index is 2.17. The van der Waals surface area contributed by atoms with Gasteiger partial charge in [-0.25, -0.2) is 0 Å². The first-order valence-corrected chi connectivity index (χ1v) is 6.54. The summed E-state index contributed by atoms with van der Waals surface area (Å²) in [6, 6.07) is 0. The molecule has 0 aromatic carbocycles. The van der Waals surface area contributed by atoms with Gasteiger partial charge in [-0.15, -0.1) is 0 Å². The molecular weight excluding hydrogens is 186 g/mol. The maximum absolute atomic E-state index is 12.4. The van der Waals surface area contributed by atoms with Crippen LogP contribution in [0, 0.1) is 5.92 Å². The summed E-state index contributed by atoms with van der Waals surface area (Å²) >= 11 is 0. The zero-order chi connectivity index (χ0) is 10.9. The fourth-order valence-electron chi connectivity index (χ4n) is 3.23. The molecule has 0 bridgehead atoms. The molecule has 0 atom stereocenters. The lowest BCUT2D eigenvalue weighted by Crippen LogP contribution is -2.53. The van der Waals surface area contributed by atoms with Crippen molar-refractivity contribution in [3.63, 3.8) is 0 Å². The van der Waals surface area contributed by atoms with Crippen molar-refractivity contribution in [3.8, 4) is 0 Å². The summed E-state index contributed by atoms with van der Waals surface area (Å²) in [5.41, 5.74) is -0.0509. The minimum Gasteiger partial charge on any atom is -0.297 e. The van der Waals surface area contributed by atoms with Crippen LogP contribution in [-0.2, 0) is 4.79 Å². The molecular formula is C13H23NO. The van der Waals surface area contributed by atoms with Crippen molar-refractivity contribution in [3.05, 3.63) is 0 Å². The predicted octanol–water partition coefficient (Wildman–Crippen LogP) is 2.62. The first kappa shape index (κ1) is 11.1. The smallest absolute Gasteiger partial charge is 0.156 e. The SMILES string of the molecule is CCN(CC)C1(C(=O)C2CC2)CCCC1. The maximum Gasteiger partial charge on any atom is 0.156 e. The van der Waals surface area contributed by atoms with Gasteiger partial charge in [-0.1, -0.05) is 26.7 Å². The highest BCUT2D eigenvalue weighted by Gasteiger charge is 2.49. The van der Waals surface area contributed by atoms with E-state index in [-0.39, 0.29) is 5.54 Å². The molecule has 2 heteroatoms. The number of hydrogen-bond acceptors (Lipinski definition) is 2. The van der Waals surface area contributed by atoms with Crippen LogP contribution in [0.15, 0.2) is 0 Å². The van der Waals surface area contributed by atoms with Crippen molar-refractivity contribution in [1.82, 2.24) is 4.90 Å². The van der Waals surface area contributed by atoms with Crippen molar-refractivity contribution in [1.29, 1.82) is 0 Å². The minimum atomic E-state index is -0.0509. The topological polar surface area (TPSA) is 20.3 Å². The van der Waals surface area contributed by atoms with Gasteiger partial charge in [0.1, 0.15) is 0 Å². The lowest BCUT2D eigenvalue weighted by atomic mass is 9.87. The fraction of sp³-hybridized carbons (Fsp3) is 0.923. The van der Waals surface area contributed by atoms with E-state index in [0.29, 0.717) is 11.7 Å². The largest absolute Gasteiger partial charge is 0.297 e. The van der Waals surface area contributed by atoms with E-state index in [2.05, 4.69) is 18.7 Å². The quantitative estimate of drug-likeness (QED) is 0.693. The van der Waals surface area contributed by atoms with Gasteiger partial charge in [0.25, 0.3) is 0 Å². The highest BCUT2D eigenvalue weighted by Crippen LogP contribution is 2.43. The summed E-state index contributed by atoms with van der Waals surface area (Å²) in [5.74, 6) is 0.993.